The fraction of sp³-hybridized carbons (Fsp3) is 0.353. The van der Waals surface area contributed by atoms with E-state index in [1.54, 1.807) is 0 Å². The molecule has 1 amide bonds. The summed E-state index contributed by atoms with van der Waals surface area (Å²) in [6.45, 7) is 2.86. The predicted molar refractivity (Wildman–Crippen MR) is 82.0 cm³/mol. The highest BCUT2D eigenvalue weighted by atomic mass is 16.5. The van der Waals surface area contributed by atoms with Crippen LogP contribution in [0.2, 0.25) is 0 Å². The Bertz CT molecular complexity index is 759. The van der Waals surface area contributed by atoms with Crippen LogP contribution in [0.5, 0.6) is 0 Å². The third kappa shape index (κ3) is 1.71. The second-order valence-corrected chi connectivity index (χ2v) is 5.98. The first-order valence-corrected chi connectivity index (χ1v) is 7.34. The molecule has 1 aromatic heterocycles. The number of fused-ring (bicyclic) bond motifs is 2. The number of H-pyrrole nitrogens is 1. The number of hydrogen-bond donors (Lipinski definition) is 1. The Morgan fingerprint density at radius 3 is 3.10 bits per heavy atom. The van der Waals surface area contributed by atoms with Gasteiger partial charge in [-0.2, -0.15) is 0 Å². The number of rotatable bonds is 0. The van der Waals surface area contributed by atoms with E-state index in [2.05, 4.69) is 42.4 Å². The van der Waals surface area contributed by atoms with Crippen molar-refractivity contribution >= 4 is 22.6 Å². The Labute approximate surface area is 123 Å². The summed E-state index contributed by atoms with van der Waals surface area (Å²) in [7, 11) is 1.45. The maximum atomic E-state index is 12.1. The van der Waals surface area contributed by atoms with E-state index in [1.807, 2.05) is 4.90 Å². The lowest BCUT2D eigenvalue weighted by molar-refractivity contribution is 0.108. The Balaban J connectivity index is 1.91. The molecule has 4 heteroatoms. The minimum absolute atomic E-state index is 0.0857. The molecule has 1 aromatic carbocycles. The third-order valence-corrected chi connectivity index (χ3v) is 4.60. The van der Waals surface area contributed by atoms with Gasteiger partial charge >= 0.3 is 6.09 Å². The fourth-order valence-corrected chi connectivity index (χ4v) is 3.75. The van der Waals surface area contributed by atoms with Crippen LogP contribution in [-0.2, 0) is 11.2 Å². The molecule has 0 spiro atoms. The summed E-state index contributed by atoms with van der Waals surface area (Å²) in [4.78, 5) is 17.3. The van der Waals surface area contributed by atoms with Gasteiger partial charge in [0.25, 0.3) is 0 Å². The van der Waals surface area contributed by atoms with Crippen LogP contribution in [0.25, 0.3) is 16.5 Å². The van der Waals surface area contributed by atoms with Crippen molar-refractivity contribution in [2.75, 3.05) is 13.7 Å². The summed E-state index contributed by atoms with van der Waals surface area (Å²) in [5.74, 6) is 0.339. The van der Waals surface area contributed by atoms with Gasteiger partial charge in [-0.1, -0.05) is 25.1 Å². The van der Waals surface area contributed by atoms with Gasteiger partial charge in [-0.3, -0.25) is 0 Å². The normalized spacial score (nSPS) is 23.7. The quantitative estimate of drug-likeness (QED) is 0.806. The highest BCUT2D eigenvalue weighted by molar-refractivity contribution is 5.99. The summed E-state index contributed by atoms with van der Waals surface area (Å²) < 4.78 is 4.98. The van der Waals surface area contributed by atoms with Gasteiger partial charge in [-0.25, -0.2) is 4.79 Å². The van der Waals surface area contributed by atoms with E-state index in [0.29, 0.717) is 5.92 Å². The van der Waals surface area contributed by atoms with Gasteiger partial charge in [0.15, 0.2) is 0 Å². The molecule has 21 heavy (non-hydrogen) atoms. The fourth-order valence-electron chi connectivity index (χ4n) is 3.75. The minimum atomic E-state index is -0.233. The standard InChI is InChI=1S/C17H18N2O2/c1-10-6-13-12-4-3-5-14-16(12)11(8-18-14)7-15(13)19(9-10)17(20)21-2/h3-6,8,10,15,18H,7,9H2,1-2H3. The molecular formula is C17H18N2O2. The average Bonchev–Trinajstić information content (AvgIpc) is 2.91. The monoisotopic (exact) mass is 282 g/mol. The van der Waals surface area contributed by atoms with E-state index in [-0.39, 0.29) is 12.1 Å². The summed E-state index contributed by atoms with van der Waals surface area (Å²) in [5.41, 5.74) is 4.97. The zero-order valence-corrected chi connectivity index (χ0v) is 12.2. The first-order valence-electron chi connectivity index (χ1n) is 7.34. The Hall–Kier alpha value is -2.23. The van der Waals surface area contributed by atoms with Gasteiger partial charge in [0, 0.05) is 23.6 Å². The van der Waals surface area contributed by atoms with Gasteiger partial charge < -0.3 is 14.6 Å². The lowest BCUT2D eigenvalue weighted by Gasteiger charge is -2.40. The number of methoxy groups -OCH3 is 1. The Morgan fingerprint density at radius 2 is 2.29 bits per heavy atom. The predicted octanol–water partition coefficient (Wildman–Crippen LogP) is 3.19. The van der Waals surface area contributed by atoms with Crippen molar-refractivity contribution in [3.8, 4) is 0 Å². The second kappa shape index (κ2) is 4.38. The topological polar surface area (TPSA) is 45.3 Å². The molecule has 0 radical (unpaired) electrons. The van der Waals surface area contributed by atoms with Crippen LogP contribution < -0.4 is 0 Å². The molecule has 1 aliphatic heterocycles. The molecular weight excluding hydrogens is 264 g/mol. The largest absolute Gasteiger partial charge is 0.453 e. The second-order valence-electron chi connectivity index (χ2n) is 5.98. The van der Waals surface area contributed by atoms with Gasteiger partial charge in [-0.15, -0.1) is 0 Å². The van der Waals surface area contributed by atoms with Gasteiger partial charge in [0.05, 0.1) is 13.2 Å². The van der Waals surface area contributed by atoms with Gasteiger partial charge in [0.2, 0.25) is 0 Å². The molecule has 0 saturated carbocycles. The number of carbonyl (C=O) groups excluding carboxylic acids is 1. The maximum Gasteiger partial charge on any atom is 0.410 e. The Morgan fingerprint density at radius 1 is 1.43 bits per heavy atom. The maximum absolute atomic E-state index is 12.1. The van der Waals surface area contributed by atoms with E-state index in [9.17, 15) is 4.79 Å². The first kappa shape index (κ1) is 12.5. The van der Waals surface area contributed by atoms with E-state index in [0.717, 1.165) is 13.0 Å². The molecule has 2 aromatic rings. The molecule has 0 bridgehead atoms. The number of nitrogens with zero attached hydrogens (tertiary/aromatic N) is 1. The number of amides is 1. The summed E-state index contributed by atoms with van der Waals surface area (Å²) in [6, 6.07) is 6.42. The van der Waals surface area contributed by atoms with Crippen molar-refractivity contribution in [1.82, 2.24) is 9.88 Å². The first-order chi connectivity index (χ1) is 10.2. The van der Waals surface area contributed by atoms with Crippen LogP contribution >= 0.6 is 0 Å². The smallest absolute Gasteiger partial charge is 0.410 e. The molecule has 2 atom stereocenters. The zero-order chi connectivity index (χ0) is 14.6. The van der Waals surface area contributed by atoms with Crippen LogP contribution in [0, 0.1) is 5.92 Å². The van der Waals surface area contributed by atoms with Crippen molar-refractivity contribution in [3.63, 3.8) is 0 Å². The van der Waals surface area contributed by atoms with E-state index in [4.69, 9.17) is 4.74 Å². The average molecular weight is 282 g/mol. The van der Waals surface area contributed by atoms with E-state index >= 15 is 0 Å². The van der Waals surface area contributed by atoms with Crippen molar-refractivity contribution in [3.05, 3.63) is 41.6 Å². The number of benzene rings is 1. The molecule has 0 saturated heterocycles. The molecule has 1 N–H and O–H groups in total. The molecule has 2 unspecified atom stereocenters. The zero-order valence-electron chi connectivity index (χ0n) is 12.2. The highest BCUT2D eigenvalue weighted by Crippen LogP contribution is 2.41. The third-order valence-electron chi connectivity index (χ3n) is 4.60. The van der Waals surface area contributed by atoms with E-state index < -0.39 is 0 Å². The highest BCUT2D eigenvalue weighted by Gasteiger charge is 2.37. The number of ether oxygens (including phenoxy) is 1. The van der Waals surface area contributed by atoms with E-state index in [1.165, 1.54) is 34.7 Å². The van der Waals surface area contributed by atoms with Crippen molar-refractivity contribution in [1.29, 1.82) is 0 Å². The number of nitrogens with one attached hydrogen (secondary N) is 1. The van der Waals surface area contributed by atoms with Crippen molar-refractivity contribution in [2.24, 2.45) is 5.92 Å². The van der Waals surface area contributed by atoms with Crippen LogP contribution in [-0.4, -0.2) is 35.7 Å². The lowest BCUT2D eigenvalue weighted by Crippen LogP contribution is -2.47. The number of carbonyl (C=O) groups is 1. The summed E-state index contributed by atoms with van der Waals surface area (Å²) >= 11 is 0. The lowest BCUT2D eigenvalue weighted by atomic mass is 9.80. The molecule has 0 fully saturated rings. The molecule has 4 rings (SSSR count). The molecule has 108 valence electrons. The molecule has 1 aliphatic carbocycles. The SMILES string of the molecule is COC(=O)N1CC(C)C=C2c3cccc4[nH]cc(c34)CC21. The van der Waals surface area contributed by atoms with Crippen LogP contribution in [0.1, 0.15) is 18.1 Å². The minimum Gasteiger partial charge on any atom is -0.453 e. The van der Waals surface area contributed by atoms with Gasteiger partial charge in [0.1, 0.15) is 0 Å². The molecule has 4 nitrogen and oxygen atoms in total. The number of hydrogen-bond acceptors (Lipinski definition) is 2. The van der Waals surface area contributed by atoms with Crippen molar-refractivity contribution in [2.45, 2.75) is 19.4 Å². The number of aromatic amines is 1. The van der Waals surface area contributed by atoms with Crippen LogP contribution in [0.15, 0.2) is 30.5 Å². The van der Waals surface area contributed by atoms with Gasteiger partial charge in [-0.05, 0) is 35.1 Å². The molecule has 2 aliphatic rings. The van der Waals surface area contributed by atoms with Crippen molar-refractivity contribution < 1.29 is 9.53 Å². The number of aromatic nitrogens is 1. The Kier molecular flexibility index (Phi) is 2.61. The summed E-state index contributed by atoms with van der Waals surface area (Å²) in [5, 5.41) is 1.30. The summed E-state index contributed by atoms with van der Waals surface area (Å²) in [6.07, 6.45) is 5.00. The van der Waals surface area contributed by atoms with Crippen LogP contribution in [0.4, 0.5) is 4.79 Å². The molecule has 2 heterocycles. The van der Waals surface area contributed by atoms with Crippen LogP contribution in [0.3, 0.4) is 0 Å².